The number of ketones is 1. The van der Waals surface area contributed by atoms with Gasteiger partial charge in [0.1, 0.15) is 112 Å². The molecule has 9 heterocycles. The first-order valence-corrected chi connectivity index (χ1v) is 33.1. The number of aliphatic hydroxyl groups excluding tert-OH is 1. The van der Waals surface area contributed by atoms with Gasteiger partial charge in [-0.3, -0.25) is 43.3 Å². The molecule has 0 saturated carbocycles. The van der Waals surface area contributed by atoms with E-state index in [1.165, 1.54) is 86.6 Å². The number of pyridine rings is 2. The van der Waals surface area contributed by atoms with Crippen molar-refractivity contribution in [1.29, 1.82) is 0 Å². The van der Waals surface area contributed by atoms with Crippen molar-refractivity contribution in [3.63, 3.8) is 0 Å². The molecule has 8 amide bonds. The number of alkyl carbamates (subject to hydrolysis) is 1. The second-order valence-electron chi connectivity index (χ2n) is 20.8. The Hall–Kier alpha value is -9.29. The maximum absolute atomic E-state index is 14.6. The maximum atomic E-state index is 14.6. The molecule has 5 unspecified atom stereocenters. The zero-order chi connectivity index (χ0) is 66.1. The van der Waals surface area contributed by atoms with Crippen LogP contribution in [0.3, 0.4) is 0 Å². The molecule has 9 rings (SSSR count). The summed E-state index contributed by atoms with van der Waals surface area (Å²) in [6.45, 7) is 11.5. The molecule has 0 spiro atoms. The second kappa shape index (κ2) is 29.3. The van der Waals surface area contributed by atoms with Gasteiger partial charge in [-0.05, 0) is 79.7 Å². The van der Waals surface area contributed by atoms with Gasteiger partial charge in [0.25, 0.3) is 29.5 Å². The van der Waals surface area contributed by atoms with Gasteiger partial charge in [0.05, 0.1) is 41.9 Å². The number of rotatable bonds is 15. The van der Waals surface area contributed by atoms with Crippen LogP contribution < -0.4 is 42.5 Å². The number of carbonyl (C=O) groups excluding carboxylic acids is 9. The molecule has 92 heavy (non-hydrogen) atoms. The molecule has 0 radical (unpaired) electrons. The van der Waals surface area contributed by atoms with Crippen LogP contribution in [-0.4, -0.2) is 140 Å². The zero-order valence-corrected chi connectivity index (χ0v) is 54.9. The quantitative estimate of drug-likeness (QED) is 0.0548. The normalized spacial score (nSPS) is 17.2. The Balaban J connectivity index is 1.09. The van der Waals surface area contributed by atoms with Crippen molar-refractivity contribution in [2.75, 3.05) is 6.54 Å². The highest BCUT2D eigenvalue weighted by atomic mass is 32.1. The summed E-state index contributed by atoms with van der Waals surface area (Å²) in [6, 6.07) is 3.48. The topological polar surface area (TPSA) is 403 Å². The molecule has 8 aromatic heterocycles. The van der Waals surface area contributed by atoms with Crippen LogP contribution in [0.15, 0.2) is 86.7 Å². The smallest absolute Gasteiger partial charge is 0.408 e. The summed E-state index contributed by atoms with van der Waals surface area (Å²) in [5, 5.41) is 54.1. The lowest BCUT2D eigenvalue weighted by Crippen LogP contribution is -2.52. The molecule has 0 saturated heterocycles. The minimum Gasteiger partial charge on any atom is -0.444 e. The third kappa shape index (κ3) is 16.2. The number of aromatic nitrogens is 8. The van der Waals surface area contributed by atoms with Crippen LogP contribution >= 0.6 is 68.0 Å². The van der Waals surface area contributed by atoms with E-state index in [0.29, 0.717) is 32.7 Å². The standard InChI is InChI=1S/C58H58N16O12S6/c1-9-31(45(78)60-17-25(3)75)64-46(79)35-21-89-54(69-35)39-24-90-53(71-39)33-15-14-30-42(63-33)34-19-91-55(66-34)41(28(6)86-57(84)62-26(4)44(77)61-18-29-13-11-12-16-59-29)73-48(81)37-23-92-56(70-37)43(58(7,8)85)74-49(82)38-22-88-52(68-38)32(10-2)65-50(83)40(27(5)76)72-47(80)36-20-87-51(30)67-36/h9-16,19-24,26-28,40-41,43,76,85H,17-18H2,1-8H3,(H,60,78)(H,61,77)(H,62,84)(H,64,79)(H,65,83)(H,72,80)(H,73,81)(H,74,82)/b31-9-,32-10-/t26-,27?,28?,40?,41?,43?/m0/s1. The number of allylic oxidation sites excluding steroid dienone is 2. The van der Waals surface area contributed by atoms with Crippen molar-refractivity contribution < 1.29 is 58.1 Å². The number of amides is 8. The summed E-state index contributed by atoms with van der Waals surface area (Å²) in [4.78, 5) is 158. The number of fused-ring (bicyclic) bond motifs is 11. The molecule has 0 aromatic carbocycles. The first-order chi connectivity index (χ1) is 43.9. The average Bonchev–Trinajstić information content (AvgIpc) is 1.67. The first-order valence-electron chi connectivity index (χ1n) is 27.8. The molecule has 0 aliphatic carbocycles. The SMILES string of the molecule is C/C=C(\NC(=O)c1csc(-c2csc(-c3ccc4c(n3)-c3csc(n3)C(C(C)OC(=O)N[C@@H](C)C(=O)NCc3ccccn3)NC(=O)c3csc(n3)C(C(C)(C)O)NC(=O)c3csc(n3)/C(=C/C)NC(=O)C(C(C)O)NC(=O)c3csc-4n3)n2)n1)C(=O)NCC(C)=O. The monoisotopic (exact) mass is 1360 g/mol. The van der Waals surface area contributed by atoms with Crippen LogP contribution in [0.4, 0.5) is 4.79 Å². The van der Waals surface area contributed by atoms with E-state index in [1.54, 1.807) is 61.1 Å². The highest BCUT2D eigenvalue weighted by molar-refractivity contribution is 7.15. The fraction of sp³-hybridized carbons (Fsp3) is 0.293. The minimum absolute atomic E-state index is 0.00790. The maximum Gasteiger partial charge on any atom is 0.408 e. The van der Waals surface area contributed by atoms with Gasteiger partial charge in [-0.1, -0.05) is 18.2 Å². The Kier molecular flexibility index (Phi) is 21.4. The number of thiazole rings is 6. The number of hydrogen-bond donors (Lipinski definition) is 10. The largest absolute Gasteiger partial charge is 0.444 e. The first kappa shape index (κ1) is 67.1. The van der Waals surface area contributed by atoms with Crippen molar-refractivity contribution in [3.05, 3.63) is 130 Å². The van der Waals surface area contributed by atoms with Crippen molar-refractivity contribution in [2.24, 2.45) is 0 Å². The Labute approximate surface area is 548 Å². The number of nitrogens with one attached hydrogen (secondary N) is 8. The Morgan fingerprint density at radius 3 is 1.98 bits per heavy atom. The molecule has 478 valence electrons. The lowest BCUT2D eigenvalue weighted by atomic mass is 9.99. The summed E-state index contributed by atoms with van der Waals surface area (Å²) in [7, 11) is 0. The Bertz CT molecular complexity index is 4180. The molecule has 0 fully saturated rings. The zero-order valence-electron chi connectivity index (χ0n) is 50.0. The third-order valence-corrected chi connectivity index (χ3v) is 18.7. The van der Waals surface area contributed by atoms with Crippen molar-refractivity contribution >= 4 is 127 Å². The van der Waals surface area contributed by atoms with Gasteiger partial charge in [0, 0.05) is 44.0 Å². The lowest BCUT2D eigenvalue weighted by molar-refractivity contribution is -0.124. The molecule has 10 N–H and O–H groups in total. The third-order valence-electron chi connectivity index (χ3n) is 13.3. The number of ether oxygens (including phenoxy) is 1. The van der Waals surface area contributed by atoms with Gasteiger partial charge >= 0.3 is 6.09 Å². The molecule has 8 bridgehead atoms. The van der Waals surface area contributed by atoms with Gasteiger partial charge in [0.2, 0.25) is 11.8 Å². The summed E-state index contributed by atoms with van der Waals surface area (Å²) in [5.74, 6) is -5.32. The van der Waals surface area contributed by atoms with Gasteiger partial charge in [-0.25, -0.2) is 39.7 Å². The van der Waals surface area contributed by atoms with Gasteiger partial charge in [-0.2, -0.15) is 0 Å². The lowest BCUT2D eigenvalue weighted by Gasteiger charge is -2.28. The predicted molar refractivity (Wildman–Crippen MR) is 344 cm³/mol. The second-order valence-corrected chi connectivity index (χ2v) is 26.0. The van der Waals surface area contributed by atoms with Gasteiger partial charge in [-0.15, -0.1) is 68.0 Å². The van der Waals surface area contributed by atoms with Crippen LogP contribution in [0.25, 0.3) is 49.1 Å². The van der Waals surface area contributed by atoms with Crippen LogP contribution in [0.2, 0.25) is 0 Å². The molecule has 1 aliphatic heterocycles. The molecular weight excluding hydrogens is 1310 g/mol. The van der Waals surface area contributed by atoms with E-state index in [2.05, 4.69) is 67.5 Å². The van der Waals surface area contributed by atoms with E-state index in [0.717, 1.165) is 56.7 Å². The number of nitrogens with zero attached hydrogens (tertiary/aromatic N) is 8. The van der Waals surface area contributed by atoms with Crippen LogP contribution in [0.1, 0.15) is 130 Å². The molecule has 6 atom stereocenters. The number of Topliss-reactive ketones (excluding diaryl/α,β-unsaturated/α-hetero) is 1. The van der Waals surface area contributed by atoms with E-state index in [-0.39, 0.29) is 84.5 Å². The number of hydrogen-bond acceptors (Lipinski definition) is 26. The summed E-state index contributed by atoms with van der Waals surface area (Å²) in [5.41, 5.74) is 0.0423. The number of aliphatic hydroxyl groups is 2. The van der Waals surface area contributed by atoms with E-state index in [1.807, 2.05) is 0 Å². The van der Waals surface area contributed by atoms with E-state index >= 15 is 0 Å². The van der Waals surface area contributed by atoms with Crippen molar-refractivity contribution in [2.45, 2.75) is 104 Å². The van der Waals surface area contributed by atoms with Crippen LogP contribution in [0, 0.1) is 0 Å². The highest BCUT2D eigenvalue weighted by Gasteiger charge is 2.37. The van der Waals surface area contributed by atoms with E-state index in [4.69, 9.17) is 19.7 Å². The van der Waals surface area contributed by atoms with Crippen molar-refractivity contribution in [1.82, 2.24) is 82.4 Å². The van der Waals surface area contributed by atoms with Crippen LogP contribution in [-0.2, 0) is 30.5 Å². The Morgan fingerprint density at radius 1 is 0.685 bits per heavy atom. The Morgan fingerprint density at radius 2 is 1.29 bits per heavy atom. The molecule has 8 aromatic rings. The molecule has 1 aliphatic rings. The van der Waals surface area contributed by atoms with E-state index in [9.17, 15) is 53.4 Å². The van der Waals surface area contributed by atoms with Crippen molar-refractivity contribution in [3.8, 4) is 43.4 Å². The molecule has 34 heteroatoms. The minimum atomic E-state index is -1.68. The predicted octanol–water partition coefficient (Wildman–Crippen LogP) is 5.72. The van der Waals surface area contributed by atoms with E-state index < -0.39 is 89.4 Å². The fourth-order valence-electron chi connectivity index (χ4n) is 8.51. The molecular formula is C58H58N16O12S6. The van der Waals surface area contributed by atoms with Gasteiger partial charge in [0.15, 0.2) is 0 Å². The van der Waals surface area contributed by atoms with Gasteiger partial charge < -0.3 is 57.5 Å². The highest BCUT2D eigenvalue weighted by Crippen LogP contribution is 2.39. The summed E-state index contributed by atoms with van der Waals surface area (Å²) < 4.78 is 5.89. The number of carbonyl (C=O) groups is 9. The van der Waals surface area contributed by atoms with Crippen LogP contribution in [0.5, 0.6) is 0 Å². The summed E-state index contributed by atoms with van der Waals surface area (Å²) >= 11 is 6.39. The average molecular weight is 1360 g/mol. The summed E-state index contributed by atoms with van der Waals surface area (Å²) in [6.07, 6.45) is 0.793. The fourth-order valence-corrected chi connectivity index (χ4v) is 13.7. The molecule has 28 nitrogen and oxygen atoms in total.